The summed E-state index contributed by atoms with van der Waals surface area (Å²) in [7, 11) is -2.68. The summed E-state index contributed by atoms with van der Waals surface area (Å²) in [6.07, 6.45) is 1.45. The van der Waals surface area contributed by atoms with Gasteiger partial charge in [-0.15, -0.1) is 0 Å². The summed E-state index contributed by atoms with van der Waals surface area (Å²) in [6.45, 7) is 2.24. The number of ether oxygens (including phenoxy) is 1. The number of hydrogen-bond acceptors (Lipinski definition) is 5. The fraction of sp³-hybridized carbons (Fsp3) is 0.294. The molecule has 0 N–H and O–H groups in total. The third-order valence-electron chi connectivity index (χ3n) is 4.24. The summed E-state index contributed by atoms with van der Waals surface area (Å²) >= 11 is 0. The van der Waals surface area contributed by atoms with E-state index >= 15 is 0 Å². The van der Waals surface area contributed by atoms with Crippen molar-refractivity contribution in [1.82, 2.24) is 0 Å². The highest BCUT2D eigenvalue weighted by atomic mass is 32.2. The molecule has 1 aliphatic rings. The molecule has 0 aromatic heterocycles. The fourth-order valence-corrected chi connectivity index (χ4v) is 4.73. The number of benzene rings is 2. The second kappa shape index (κ2) is 6.36. The largest absolute Gasteiger partial charge is 0.497 e. The Morgan fingerprint density at radius 3 is 2.64 bits per heavy atom. The molecule has 1 aliphatic heterocycles. The number of anilines is 1. The van der Waals surface area contributed by atoms with Gasteiger partial charge in [-0.3, -0.25) is 14.4 Å². The quantitative estimate of drug-likeness (QED) is 0.616. The van der Waals surface area contributed by atoms with E-state index in [0.29, 0.717) is 18.7 Å². The maximum Gasteiger partial charge on any atom is 0.293 e. The smallest absolute Gasteiger partial charge is 0.293 e. The lowest BCUT2D eigenvalue weighted by atomic mass is 10.0. The van der Waals surface area contributed by atoms with Crippen LogP contribution in [0, 0.1) is 17.0 Å². The SMILES string of the molecule is COc1ccc(S(=O)(=O)N2CCCc3cc(C)ccc32)c([N+](=O)[O-])c1. The predicted octanol–water partition coefficient (Wildman–Crippen LogP) is 3.05. The van der Waals surface area contributed by atoms with Crippen molar-refractivity contribution in [3.05, 3.63) is 57.6 Å². The van der Waals surface area contributed by atoms with Crippen molar-refractivity contribution < 1.29 is 18.1 Å². The van der Waals surface area contributed by atoms with Crippen molar-refractivity contribution in [2.75, 3.05) is 18.0 Å². The van der Waals surface area contributed by atoms with Crippen molar-refractivity contribution in [2.24, 2.45) is 0 Å². The van der Waals surface area contributed by atoms with Crippen LogP contribution in [0.15, 0.2) is 41.3 Å². The fourth-order valence-electron chi connectivity index (χ4n) is 3.04. The third kappa shape index (κ3) is 3.05. The zero-order chi connectivity index (χ0) is 18.2. The van der Waals surface area contributed by atoms with Crippen LogP contribution in [0.25, 0.3) is 0 Å². The molecule has 0 bridgehead atoms. The summed E-state index contributed by atoms with van der Waals surface area (Å²) in [5.74, 6) is 0.236. The molecule has 0 spiro atoms. The van der Waals surface area contributed by atoms with Crippen molar-refractivity contribution >= 4 is 21.4 Å². The van der Waals surface area contributed by atoms with E-state index in [9.17, 15) is 18.5 Å². The zero-order valence-electron chi connectivity index (χ0n) is 13.9. The first kappa shape index (κ1) is 17.2. The van der Waals surface area contributed by atoms with Crippen LogP contribution in [0.1, 0.15) is 17.5 Å². The lowest BCUT2D eigenvalue weighted by Gasteiger charge is -2.30. The Labute approximate surface area is 146 Å². The van der Waals surface area contributed by atoms with Crippen LogP contribution >= 0.6 is 0 Å². The van der Waals surface area contributed by atoms with Crippen molar-refractivity contribution in [3.63, 3.8) is 0 Å². The van der Waals surface area contributed by atoms with E-state index in [1.54, 1.807) is 6.07 Å². The van der Waals surface area contributed by atoms with E-state index in [2.05, 4.69) is 0 Å². The number of fused-ring (bicyclic) bond motifs is 1. The highest BCUT2D eigenvalue weighted by Gasteiger charge is 2.34. The Balaban J connectivity index is 2.14. The van der Waals surface area contributed by atoms with E-state index in [4.69, 9.17) is 4.74 Å². The molecule has 0 atom stereocenters. The van der Waals surface area contributed by atoms with Gasteiger partial charge in [0.2, 0.25) is 0 Å². The first-order valence-corrected chi connectivity index (χ1v) is 9.23. The van der Waals surface area contributed by atoms with Gasteiger partial charge in [0.1, 0.15) is 5.75 Å². The average molecular weight is 362 g/mol. The van der Waals surface area contributed by atoms with E-state index < -0.39 is 20.6 Å². The van der Waals surface area contributed by atoms with Crippen LogP contribution in [0.5, 0.6) is 5.75 Å². The zero-order valence-corrected chi connectivity index (χ0v) is 14.7. The van der Waals surface area contributed by atoms with E-state index in [-0.39, 0.29) is 10.6 Å². The summed E-state index contributed by atoms with van der Waals surface area (Å²) < 4.78 is 32.5. The molecule has 132 valence electrons. The molecule has 2 aromatic rings. The summed E-state index contributed by atoms with van der Waals surface area (Å²) in [6, 6.07) is 9.34. The van der Waals surface area contributed by atoms with Crippen molar-refractivity contribution in [2.45, 2.75) is 24.7 Å². The third-order valence-corrected chi connectivity index (χ3v) is 6.10. The Kier molecular flexibility index (Phi) is 4.38. The number of nitro benzene ring substituents is 1. The maximum atomic E-state index is 13.1. The van der Waals surface area contributed by atoms with Gasteiger partial charge in [-0.05, 0) is 43.5 Å². The second-order valence-corrected chi connectivity index (χ2v) is 7.73. The van der Waals surface area contributed by atoms with Gasteiger partial charge in [0.15, 0.2) is 4.90 Å². The molecule has 25 heavy (non-hydrogen) atoms. The molecule has 0 saturated carbocycles. The summed E-state index contributed by atoms with van der Waals surface area (Å²) in [4.78, 5) is 10.4. The first-order chi connectivity index (χ1) is 11.8. The number of sulfonamides is 1. The maximum absolute atomic E-state index is 13.1. The van der Waals surface area contributed by atoms with Gasteiger partial charge in [0, 0.05) is 6.54 Å². The van der Waals surface area contributed by atoms with Gasteiger partial charge >= 0.3 is 0 Å². The molecule has 2 aromatic carbocycles. The molecule has 0 aliphatic carbocycles. The molecule has 7 nitrogen and oxygen atoms in total. The highest BCUT2D eigenvalue weighted by molar-refractivity contribution is 7.93. The topological polar surface area (TPSA) is 89.8 Å². The molecule has 1 heterocycles. The van der Waals surface area contributed by atoms with Crippen LogP contribution in [0.2, 0.25) is 0 Å². The first-order valence-electron chi connectivity index (χ1n) is 7.79. The molecule has 8 heteroatoms. The van der Waals surface area contributed by atoms with E-state index in [1.165, 1.54) is 23.5 Å². The number of aryl methyl sites for hydroxylation is 2. The number of nitrogens with zero attached hydrogens (tertiary/aromatic N) is 2. The highest BCUT2D eigenvalue weighted by Crippen LogP contribution is 2.36. The molecule has 0 saturated heterocycles. The normalized spacial score (nSPS) is 14.1. The van der Waals surface area contributed by atoms with Crippen LogP contribution in [-0.4, -0.2) is 27.0 Å². The predicted molar refractivity (Wildman–Crippen MR) is 93.7 cm³/mol. The van der Waals surface area contributed by atoms with Crippen LogP contribution in [0.4, 0.5) is 11.4 Å². The molecule has 0 fully saturated rings. The monoisotopic (exact) mass is 362 g/mol. The van der Waals surface area contributed by atoms with E-state index in [1.807, 2.05) is 19.1 Å². The van der Waals surface area contributed by atoms with Crippen molar-refractivity contribution in [1.29, 1.82) is 0 Å². The number of nitro groups is 1. The van der Waals surface area contributed by atoms with Gasteiger partial charge in [0.05, 0.1) is 23.8 Å². The van der Waals surface area contributed by atoms with E-state index in [0.717, 1.165) is 23.6 Å². The van der Waals surface area contributed by atoms with Gasteiger partial charge in [-0.25, -0.2) is 8.42 Å². The molecule has 0 radical (unpaired) electrons. The van der Waals surface area contributed by atoms with Crippen LogP contribution in [0.3, 0.4) is 0 Å². The summed E-state index contributed by atoms with van der Waals surface area (Å²) in [5, 5.41) is 11.4. The lowest BCUT2D eigenvalue weighted by molar-refractivity contribution is -0.387. The van der Waals surface area contributed by atoms with Gasteiger partial charge in [-0.1, -0.05) is 17.7 Å². The average Bonchev–Trinajstić information content (AvgIpc) is 2.60. The number of rotatable bonds is 4. The van der Waals surface area contributed by atoms with Gasteiger partial charge in [0.25, 0.3) is 15.7 Å². The molecule has 3 rings (SSSR count). The number of hydrogen-bond donors (Lipinski definition) is 0. The Bertz CT molecular complexity index is 940. The van der Waals surface area contributed by atoms with Gasteiger partial charge in [-0.2, -0.15) is 0 Å². The van der Waals surface area contributed by atoms with Crippen LogP contribution in [-0.2, 0) is 16.4 Å². The molecule has 0 unspecified atom stereocenters. The Morgan fingerprint density at radius 1 is 1.20 bits per heavy atom. The molecule has 0 amide bonds. The minimum Gasteiger partial charge on any atom is -0.497 e. The molecular formula is C17H18N2O5S. The minimum absolute atomic E-state index is 0.236. The standard InChI is InChI=1S/C17H18N2O5S/c1-12-5-7-15-13(10-12)4-3-9-18(15)25(22,23)17-8-6-14(24-2)11-16(17)19(20)21/h5-8,10-11H,3-4,9H2,1-2H3. The van der Waals surface area contributed by atoms with Crippen molar-refractivity contribution in [3.8, 4) is 5.75 Å². The Morgan fingerprint density at radius 2 is 1.96 bits per heavy atom. The minimum atomic E-state index is -4.05. The lowest BCUT2D eigenvalue weighted by Crippen LogP contribution is -2.35. The van der Waals surface area contributed by atoms with Crippen LogP contribution < -0.4 is 9.04 Å². The summed E-state index contributed by atoms with van der Waals surface area (Å²) in [5.41, 5.74) is 2.08. The second-order valence-electron chi connectivity index (χ2n) is 5.90. The van der Waals surface area contributed by atoms with Gasteiger partial charge < -0.3 is 4.74 Å². The molecular weight excluding hydrogens is 344 g/mol. The number of methoxy groups -OCH3 is 1. The Hall–Kier alpha value is -2.61.